The van der Waals surface area contributed by atoms with Crippen LogP contribution in [0, 0.1) is 17.5 Å². The second kappa shape index (κ2) is 8.38. The first-order chi connectivity index (χ1) is 14.9. The Morgan fingerprint density at radius 1 is 0.968 bits per heavy atom. The Morgan fingerprint density at radius 3 is 2.39 bits per heavy atom. The van der Waals surface area contributed by atoms with Crippen LogP contribution in [0.2, 0.25) is 0 Å². The molecule has 0 spiro atoms. The molecule has 1 amide bonds. The van der Waals surface area contributed by atoms with E-state index in [0.717, 1.165) is 22.8 Å². The summed E-state index contributed by atoms with van der Waals surface area (Å²) in [5, 5.41) is 10.2. The quantitative estimate of drug-likeness (QED) is 0.505. The molecule has 2 heterocycles. The van der Waals surface area contributed by atoms with Crippen LogP contribution in [0.4, 0.5) is 13.2 Å². The zero-order valence-corrected chi connectivity index (χ0v) is 15.9. The van der Waals surface area contributed by atoms with Gasteiger partial charge in [-0.1, -0.05) is 17.3 Å². The zero-order chi connectivity index (χ0) is 22.0. The number of carbonyl (C=O) groups is 1. The van der Waals surface area contributed by atoms with E-state index in [4.69, 9.17) is 0 Å². The second-order valence-electron chi connectivity index (χ2n) is 6.78. The largest absolute Gasteiger partial charge is 0.350 e. The van der Waals surface area contributed by atoms with Gasteiger partial charge in [0.05, 0.1) is 6.54 Å². The monoisotopic (exact) mass is 428 g/mol. The molecule has 4 rings (SSSR count). The van der Waals surface area contributed by atoms with Crippen LogP contribution in [0.15, 0.2) is 53.6 Å². The number of hydrogen-bond donors (Lipinski definition) is 1. The molecule has 0 unspecified atom stereocenters. The molecule has 0 aliphatic carbocycles. The molecule has 2 aromatic heterocycles. The summed E-state index contributed by atoms with van der Waals surface area (Å²) in [4.78, 5) is 28.9. The number of aromatic nitrogens is 5. The molecule has 0 fully saturated rings. The lowest BCUT2D eigenvalue weighted by Crippen LogP contribution is -2.32. The number of benzene rings is 2. The van der Waals surface area contributed by atoms with Gasteiger partial charge in [-0.25, -0.2) is 22.8 Å². The van der Waals surface area contributed by atoms with Crippen LogP contribution in [-0.4, -0.2) is 30.5 Å². The molecular weight excluding hydrogens is 413 g/mol. The van der Waals surface area contributed by atoms with Gasteiger partial charge < -0.3 is 5.32 Å². The molecule has 158 valence electrons. The van der Waals surface area contributed by atoms with E-state index in [1.807, 2.05) is 0 Å². The van der Waals surface area contributed by atoms with Gasteiger partial charge in [0.25, 0.3) is 5.56 Å². The van der Waals surface area contributed by atoms with Crippen molar-refractivity contribution in [3.8, 4) is 0 Å². The van der Waals surface area contributed by atoms with Gasteiger partial charge in [-0.3, -0.25) is 14.2 Å². The van der Waals surface area contributed by atoms with Crippen LogP contribution in [0.3, 0.4) is 0 Å². The van der Waals surface area contributed by atoms with Crippen molar-refractivity contribution in [2.45, 2.75) is 19.6 Å². The SMILES string of the molecule is O=C(Cn1cnc2c(nnn2Cc2cc(F)cc(F)c2)c1=O)NCc1ccc(F)cc1. The fourth-order valence-electron chi connectivity index (χ4n) is 2.99. The van der Waals surface area contributed by atoms with E-state index < -0.39 is 23.1 Å². The highest BCUT2D eigenvalue weighted by molar-refractivity contribution is 5.76. The summed E-state index contributed by atoms with van der Waals surface area (Å²) in [5.41, 5.74) is 0.449. The van der Waals surface area contributed by atoms with Crippen molar-refractivity contribution in [1.29, 1.82) is 0 Å². The fourth-order valence-corrected chi connectivity index (χ4v) is 2.99. The van der Waals surface area contributed by atoms with Gasteiger partial charge >= 0.3 is 0 Å². The summed E-state index contributed by atoms with van der Waals surface area (Å²) in [7, 11) is 0. The second-order valence-corrected chi connectivity index (χ2v) is 6.78. The van der Waals surface area contributed by atoms with Crippen molar-refractivity contribution in [2.75, 3.05) is 0 Å². The maximum Gasteiger partial charge on any atom is 0.283 e. The molecule has 0 saturated carbocycles. The Labute approximate surface area is 173 Å². The lowest BCUT2D eigenvalue weighted by Gasteiger charge is -2.07. The van der Waals surface area contributed by atoms with Crippen molar-refractivity contribution in [1.82, 2.24) is 29.9 Å². The van der Waals surface area contributed by atoms with Gasteiger partial charge in [-0.15, -0.1) is 5.10 Å². The minimum absolute atomic E-state index is 0.0419. The van der Waals surface area contributed by atoms with Crippen LogP contribution in [0.25, 0.3) is 11.2 Å². The molecule has 2 aromatic carbocycles. The normalized spacial score (nSPS) is 11.1. The number of nitrogens with zero attached hydrogens (tertiary/aromatic N) is 5. The molecule has 1 N–H and O–H groups in total. The molecule has 0 aliphatic rings. The Balaban J connectivity index is 1.48. The van der Waals surface area contributed by atoms with Crippen molar-refractivity contribution >= 4 is 17.1 Å². The molecule has 0 radical (unpaired) electrons. The molecule has 4 aromatic rings. The number of nitrogens with one attached hydrogen (secondary N) is 1. The minimum atomic E-state index is -0.735. The predicted octanol–water partition coefficient (Wildman–Crippen LogP) is 1.77. The summed E-state index contributed by atoms with van der Waals surface area (Å²) in [5.74, 6) is -2.30. The van der Waals surface area contributed by atoms with E-state index in [0.29, 0.717) is 5.56 Å². The summed E-state index contributed by atoms with van der Waals surface area (Å²) < 4.78 is 42.0. The topological polar surface area (TPSA) is 94.7 Å². The van der Waals surface area contributed by atoms with Gasteiger partial charge in [0.1, 0.15) is 30.3 Å². The van der Waals surface area contributed by atoms with E-state index in [1.165, 1.54) is 35.3 Å². The summed E-state index contributed by atoms with van der Waals surface area (Å²) in [6.45, 7) is -0.172. The molecule has 0 aliphatic heterocycles. The number of fused-ring (bicyclic) bond motifs is 1. The van der Waals surface area contributed by atoms with Gasteiger partial charge in [-0.05, 0) is 35.4 Å². The predicted molar refractivity (Wildman–Crippen MR) is 103 cm³/mol. The summed E-state index contributed by atoms with van der Waals surface area (Å²) >= 11 is 0. The van der Waals surface area contributed by atoms with E-state index >= 15 is 0 Å². The van der Waals surface area contributed by atoms with E-state index in [-0.39, 0.29) is 42.2 Å². The molecule has 11 heteroatoms. The Morgan fingerprint density at radius 2 is 1.68 bits per heavy atom. The molecule has 8 nitrogen and oxygen atoms in total. The number of amides is 1. The Bertz CT molecular complexity index is 1300. The standard InChI is InChI=1S/C20H15F3N6O2/c21-14-3-1-12(2-4-14)8-24-17(30)10-28-11-25-19-18(20(28)31)26-27-29(19)9-13-5-15(22)7-16(23)6-13/h1-7,11H,8-10H2,(H,24,30). The van der Waals surface area contributed by atoms with E-state index in [2.05, 4.69) is 20.6 Å². The van der Waals surface area contributed by atoms with Gasteiger partial charge in [0, 0.05) is 12.6 Å². The lowest BCUT2D eigenvalue weighted by atomic mass is 10.2. The first-order valence-electron chi connectivity index (χ1n) is 9.14. The third-order valence-electron chi connectivity index (χ3n) is 4.46. The third-order valence-corrected chi connectivity index (χ3v) is 4.46. The first-order valence-corrected chi connectivity index (χ1v) is 9.14. The van der Waals surface area contributed by atoms with Crippen LogP contribution in [0.5, 0.6) is 0 Å². The maximum absolute atomic E-state index is 13.4. The summed E-state index contributed by atoms with van der Waals surface area (Å²) in [6, 6.07) is 8.68. The van der Waals surface area contributed by atoms with Crippen LogP contribution in [-0.2, 0) is 24.4 Å². The average Bonchev–Trinajstić information content (AvgIpc) is 3.12. The van der Waals surface area contributed by atoms with Crippen molar-refractivity contribution < 1.29 is 18.0 Å². The zero-order valence-electron chi connectivity index (χ0n) is 15.9. The average molecular weight is 428 g/mol. The number of rotatable bonds is 6. The number of carbonyl (C=O) groups excluding carboxylic acids is 1. The van der Waals surface area contributed by atoms with E-state index in [1.54, 1.807) is 0 Å². The highest BCUT2D eigenvalue weighted by Crippen LogP contribution is 2.11. The van der Waals surface area contributed by atoms with E-state index in [9.17, 15) is 22.8 Å². The maximum atomic E-state index is 13.4. The fraction of sp³-hybridized carbons (Fsp3) is 0.150. The van der Waals surface area contributed by atoms with Gasteiger partial charge in [0.2, 0.25) is 5.91 Å². The van der Waals surface area contributed by atoms with Crippen molar-refractivity contribution in [2.24, 2.45) is 0 Å². The minimum Gasteiger partial charge on any atom is -0.350 e. The first kappa shape index (κ1) is 20.3. The van der Waals surface area contributed by atoms with Crippen LogP contribution >= 0.6 is 0 Å². The Hall–Kier alpha value is -4.02. The highest BCUT2D eigenvalue weighted by Gasteiger charge is 2.14. The smallest absolute Gasteiger partial charge is 0.283 e. The Kier molecular flexibility index (Phi) is 5.48. The highest BCUT2D eigenvalue weighted by atomic mass is 19.1. The lowest BCUT2D eigenvalue weighted by molar-refractivity contribution is -0.121. The molecule has 0 atom stereocenters. The molecular formula is C20H15F3N6O2. The van der Waals surface area contributed by atoms with Crippen LogP contribution in [0.1, 0.15) is 11.1 Å². The van der Waals surface area contributed by atoms with Crippen LogP contribution < -0.4 is 10.9 Å². The van der Waals surface area contributed by atoms with Gasteiger partial charge in [0.15, 0.2) is 11.2 Å². The number of halogens is 3. The molecule has 31 heavy (non-hydrogen) atoms. The van der Waals surface area contributed by atoms with Crippen molar-refractivity contribution in [3.05, 3.63) is 87.7 Å². The van der Waals surface area contributed by atoms with Crippen molar-refractivity contribution in [3.63, 3.8) is 0 Å². The molecule has 0 saturated heterocycles. The van der Waals surface area contributed by atoms with Gasteiger partial charge in [-0.2, -0.15) is 0 Å². The summed E-state index contributed by atoms with van der Waals surface area (Å²) in [6.07, 6.45) is 1.17. The molecule has 0 bridgehead atoms. The number of hydrogen-bond acceptors (Lipinski definition) is 5. The third kappa shape index (κ3) is 4.60.